The van der Waals surface area contributed by atoms with Crippen molar-refractivity contribution in [3.8, 4) is 0 Å². The Morgan fingerprint density at radius 2 is 2.27 bits per heavy atom. The van der Waals surface area contributed by atoms with E-state index in [9.17, 15) is 0 Å². The molecule has 0 unspecified atom stereocenters. The van der Waals surface area contributed by atoms with Gasteiger partial charge in [-0.15, -0.1) is 0 Å². The maximum absolute atomic E-state index is 8.18. The third-order valence-electron chi connectivity index (χ3n) is 1.17. The van der Waals surface area contributed by atoms with Gasteiger partial charge in [-0.25, -0.2) is 0 Å². The molecule has 0 saturated carbocycles. The Labute approximate surface area is 66.8 Å². The summed E-state index contributed by atoms with van der Waals surface area (Å²) in [5.41, 5.74) is 8.31. The molecule has 66 valence electrons. The average Bonchev–Trinajstić information content (AvgIpc) is 1.97. The van der Waals surface area contributed by atoms with Gasteiger partial charge in [-0.1, -0.05) is 5.16 Å². The second kappa shape index (κ2) is 5.94. The van der Waals surface area contributed by atoms with Gasteiger partial charge in [0, 0.05) is 27.1 Å². The van der Waals surface area contributed by atoms with Crippen LogP contribution in [0.3, 0.4) is 0 Å². The topological polar surface area (TPSA) is 73.9 Å². The molecule has 5 heteroatoms. The molecule has 0 saturated heterocycles. The van der Waals surface area contributed by atoms with Crippen LogP contribution in [-0.2, 0) is 0 Å². The van der Waals surface area contributed by atoms with E-state index >= 15 is 0 Å². The molecule has 0 aliphatic rings. The van der Waals surface area contributed by atoms with Crippen LogP contribution in [-0.4, -0.2) is 36.7 Å². The first kappa shape index (κ1) is 10.2. The number of rotatable bonds is 5. The molecule has 0 spiro atoms. The number of nitrogens with zero attached hydrogens (tertiary/aromatic N) is 2. The van der Waals surface area contributed by atoms with E-state index in [1.165, 1.54) is 0 Å². The fourth-order valence-electron chi connectivity index (χ4n) is 0.622. The van der Waals surface area contributed by atoms with Gasteiger partial charge in [0.05, 0.1) is 0 Å². The second-order valence-corrected chi connectivity index (χ2v) is 2.50. The summed E-state index contributed by atoms with van der Waals surface area (Å²) in [6.45, 7) is 0.837. The van der Waals surface area contributed by atoms with E-state index in [0.717, 1.165) is 13.0 Å². The standard InChI is InChI=1S/C6H16N4O/c1-10(2)8-5-3-4-6(7)9-11/h8,11H,3-5H2,1-2H3,(H2,7,9). The summed E-state index contributed by atoms with van der Waals surface area (Å²) in [6.07, 6.45) is 1.49. The van der Waals surface area contributed by atoms with Crippen LogP contribution in [0.5, 0.6) is 0 Å². The van der Waals surface area contributed by atoms with Crippen molar-refractivity contribution in [1.29, 1.82) is 0 Å². The van der Waals surface area contributed by atoms with E-state index in [2.05, 4.69) is 10.6 Å². The summed E-state index contributed by atoms with van der Waals surface area (Å²) in [5.74, 6) is 0.283. The lowest BCUT2D eigenvalue weighted by Crippen LogP contribution is -2.31. The highest BCUT2D eigenvalue weighted by molar-refractivity contribution is 5.79. The number of nitrogens with two attached hydrogens (primary N) is 1. The molecule has 0 heterocycles. The van der Waals surface area contributed by atoms with Gasteiger partial charge in [0.1, 0.15) is 5.84 Å². The normalized spacial score (nSPS) is 12.5. The van der Waals surface area contributed by atoms with E-state index in [0.29, 0.717) is 6.42 Å². The number of hydrogen-bond acceptors (Lipinski definition) is 4. The smallest absolute Gasteiger partial charge is 0.139 e. The minimum absolute atomic E-state index is 0.283. The number of hydrogen-bond donors (Lipinski definition) is 3. The first-order valence-corrected chi connectivity index (χ1v) is 3.54. The molecule has 0 aliphatic heterocycles. The molecule has 0 aliphatic carbocycles. The van der Waals surface area contributed by atoms with E-state index in [4.69, 9.17) is 10.9 Å². The Morgan fingerprint density at radius 3 is 2.73 bits per heavy atom. The van der Waals surface area contributed by atoms with Crippen LogP contribution in [0.25, 0.3) is 0 Å². The van der Waals surface area contributed by atoms with E-state index in [1.807, 2.05) is 19.1 Å². The largest absolute Gasteiger partial charge is 0.409 e. The van der Waals surface area contributed by atoms with Crippen LogP contribution in [0.4, 0.5) is 0 Å². The molecular formula is C6H16N4O. The maximum atomic E-state index is 8.18. The van der Waals surface area contributed by atoms with Crippen molar-refractivity contribution in [2.75, 3.05) is 20.6 Å². The molecule has 0 rings (SSSR count). The number of hydrazine groups is 1. The third-order valence-corrected chi connectivity index (χ3v) is 1.17. The fourth-order valence-corrected chi connectivity index (χ4v) is 0.622. The highest BCUT2D eigenvalue weighted by Crippen LogP contribution is 1.86. The Kier molecular flexibility index (Phi) is 5.50. The number of oxime groups is 1. The van der Waals surface area contributed by atoms with Crippen molar-refractivity contribution in [2.24, 2.45) is 10.9 Å². The first-order valence-electron chi connectivity index (χ1n) is 3.54. The predicted molar refractivity (Wildman–Crippen MR) is 44.3 cm³/mol. The summed E-state index contributed by atoms with van der Waals surface area (Å²) in [5, 5.41) is 12.9. The van der Waals surface area contributed by atoms with Gasteiger partial charge in [0.15, 0.2) is 0 Å². The quantitative estimate of drug-likeness (QED) is 0.168. The highest BCUT2D eigenvalue weighted by Gasteiger charge is 1.93. The van der Waals surface area contributed by atoms with Gasteiger partial charge in [0.2, 0.25) is 0 Å². The molecular weight excluding hydrogens is 144 g/mol. The SMILES string of the molecule is CN(C)NCCCC(N)=NO. The zero-order chi connectivity index (χ0) is 8.69. The molecule has 5 nitrogen and oxygen atoms in total. The van der Waals surface area contributed by atoms with Crippen LogP contribution in [0.1, 0.15) is 12.8 Å². The van der Waals surface area contributed by atoms with Crippen molar-refractivity contribution in [3.05, 3.63) is 0 Å². The molecule has 0 aromatic rings. The lowest BCUT2D eigenvalue weighted by atomic mass is 10.3. The maximum Gasteiger partial charge on any atom is 0.139 e. The van der Waals surface area contributed by atoms with Crippen LogP contribution in [0.15, 0.2) is 5.16 Å². The van der Waals surface area contributed by atoms with Gasteiger partial charge in [-0.2, -0.15) is 0 Å². The average molecular weight is 160 g/mol. The van der Waals surface area contributed by atoms with E-state index in [-0.39, 0.29) is 5.84 Å². The minimum atomic E-state index is 0.283. The van der Waals surface area contributed by atoms with Gasteiger partial charge in [0.25, 0.3) is 0 Å². The minimum Gasteiger partial charge on any atom is -0.409 e. The molecule has 0 bridgehead atoms. The van der Waals surface area contributed by atoms with Crippen LogP contribution in [0.2, 0.25) is 0 Å². The molecule has 0 amide bonds. The van der Waals surface area contributed by atoms with Crippen LogP contribution < -0.4 is 11.2 Å². The van der Waals surface area contributed by atoms with Crippen molar-refractivity contribution in [3.63, 3.8) is 0 Å². The zero-order valence-electron chi connectivity index (χ0n) is 7.04. The Morgan fingerprint density at radius 1 is 1.64 bits per heavy atom. The van der Waals surface area contributed by atoms with E-state index < -0.39 is 0 Å². The Hall–Kier alpha value is -0.810. The van der Waals surface area contributed by atoms with Gasteiger partial charge < -0.3 is 10.9 Å². The Balaban J connectivity index is 3.15. The lowest BCUT2D eigenvalue weighted by molar-refractivity contribution is 0.288. The zero-order valence-corrected chi connectivity index (χ0v) is 7.04. The fraction of sp³-hybridized carbons (Fsp3) is 0.833. The van der Waals surface area contributed by atoms with Crippen LogP contribution >= 0.6 is 0 Å². The molecule has 0 aromatic heterocycles. The Bertz CT molecular complexity index is 124. The van der Waals surface area contributed by atoms with E-state index in [1.54, 1.807) is 0 Å². The van der Waals surface area contributed by atoms with Gasteiger partial charge >= 0.3 is 0 Å². The summed E-state index contributed by atoms with van der Waals surface area (Å²) in [7, 11) is 3.84. The molecule has 0 fully saturated rings. The monoisotopic (exact) mass is 160 g/mol. The highest BCUT2D eigenvalue weighted by atomic mass is 16.4. The van der Waals surface area contributed by atoms with Gasteiger partial charge in [-0.3, -0.25) is 10.4 Å². The van der Waals surface area contributed by atoms with Crippen molar-refractivity contribution < 1.29 is 5.21 Å². The van der Waals surface area contributed by atoms with Crippen molar-refractivity contribution >= 4 is 5.84 Å². The molecule has 0 radical (unpaired) electrons. The first-order chi connectivity index (χ1) is 5.16. The summed E-state index contributed by atoms with van der Waals surface area (Å²) >= 11 is 0. The lowest BCUT2D eigenvalue weighted by Gasteiger charge is -2.10. The predicted octanol–water partition coefficient (Wildman–Crippen LogP) is -0.421. The van der Waals surface area contributed by atoms with Crippen LogP contribution in [0, 0.1) is 0 Å². The number of amidine groups is 1. The van der Waals surface area contributed by atoms with Gasteiger partial charge in [-0.05, 0) is 6.42 Å². The summed E-state index contributed by atoms with van der Waals surface area (Å²) in [4.78, 5) is 0. The third kappa shape index (κ3) is 7.08. The molecule has 0 atom stereocenters. The van der Waals surface area contributed by atoms with Crippen molar-refractivity contribution in [1.82, 2.24) is 10.4 Å². The van der Waals surface area contributed by atoms with Crippen molar-refractivity contribution in [2.45, 2.75) is 12.8 Å². The number of nitrogens with one attached hydrogen (secondary N) is 1. The summed E-state index contributed by atoms with van der Waals surface area (Å²) < 4.78 is 0. The molecule has 4 N–H and O–H groups in total. The summed E-state index contributed by atoms with van der Waals surface area (Å²) in [6, 6.07) is 0. The molecule has 11 heavy (non-hydrogen) atoms. The molecule has 0 aromatic carbocycles. The second-order valence-electron chi connectivity index (χ2n) is 2.50.